The highest BCUT2D eigenvalue weighted by Crippen LogP contribution is 2.16. The van der Waals surface area contributed by atoms with Crippen LogP contribution >= 0.6 is 11.6 Å². The Bertz CT molecular complexity index is 951. The van der Waals surface area contributed by atoms with Gasteiger partial charge in [0, 0.05) is 35.6 Å². The smallest absolute Gasteiger partial charge is 0.254 e. The minimum absolute atomic E-state index is 0.115. The molecule has 0 aliphatic carbocycles. The third kappa shape index (κ3) is 4.86. The molecule has 0 fully saturated rings. The Balaban J connectivity index is 1.80. The summed E-state index contributed by atoms with van der Waals surface area (Å²) >= 11 is 6.02. The second-order valence-electron chi connectivity index (χ2n) is 6.24. The predicted molar refractivity (Wildman–Crippen MR) is 106 cm³/mol. The summed E-state index contributed by atoms with van der Waals surface area (Å²) in [6.45, 7) is 5.12. The molecule has 0 aliphatic heterocycles. The number of benzene rings is 2. The summed E-state index contributed by atoms with van der Waals surface area (Å²) in [7, 11) is 0. The van der Waals surface area contributed by atoms with Crippen molar-refractivity contribution in [1.29, 1.82) is 0 Å². The zero-order valence-corrected chi connectivity index (χ0v) is 15.6. The molecule has 1 amide bonds. The third-order valence-corrected chi connectivity index (χ3v) is 4.46. The maximum absolute atomic E-state index is 13.4. The molecule has 27 heavy (non-hydrogen) atoms. The minimum Gasteiger partial charge on any atom is -0.345 e. The molecular formula is C22H20ClFN2O. The molecule has 0 N–H and O–H groups in total. The van der Waals surface area contributed by atoms with Crippen molar-refractivity contribution in [2.75, 3.05) is 6.54 Å². The van der Waals surface area contributed by atoms with Gasteiger partial charge in [-0.05, 0) is 48.0 Å². The number of rotatable bonds is 7. The van der Waals surface area contributed by atoms with Crippen LogP contribution in [0, 0.1) is 5.82 Å². The van der Waals surface area contributed by atoms with Crippen LogP contribution in [-0.4, -0.2) is 21.9 Å². The van der Waals surface area contributed by atoms with Crippen LogP contribution in [0.1, 0.15) is 21.6 Å². The van der Waals surface area contributed by atoms with Gasteiger partial charge in [-0.25, -0.2) is 4.39 Å². The Hall–Kier alpha value is -2.85. The molecule has 0 unspecified atom stereocenters. The van der Waals surface area contributed by atoms with Crippen molar-refractivity contribution in [2.24, 2.45) is 0 Å². The van der Waals surface area contributed by atoms with Gasteiger partial charge in [0.15, 0.2) is 0 Å². The Morgan fingerprint density at radius 1 is 1.15 bits per heavy atom. The molecule has 1 heterocycles. The highest BCUT2D eigenvalue weighted by atomic mass is 35.5. The van der Waals surface area contributed by atoms with Crippen molar-refractivity contribution in [3.63, 3.8) is 0 Å². The number of aromatic nitrogens is 1. The maximum Gasteiger partial charge on any atom is 0.254 e. The lowest BCUT2D eigenvalue weighted by atomic mass is 10.2. The monoisotopic (exact) mass is 382 g/mol. The van der Waals surface area contributed by atoms with Crippen molar-refractivity contribution < 1.29 is 9.18 Å². The van der Waals surface area contributed by atoms with E-state index in [0.29, 0.717) is 30.2 Å². The molecule has 0 saturated carbocycles. The summed E-state index contributed by atoms with van der Waals surface area (Å²) in [5.74, 6) is -0.374. The molecule has 5 heteroatoms. The van der Waals surface area contributed by atoms with Crippen LogP contribution in [0.15, 0.2) is 79.5 Å². The standard InChI is InChI=1S/C22H20ClFN2O/c1-2-11-26(22(27)18-7-4-8-19(23)14-18)16-21-10-5-12-25(21)15-17-6-3-9-20(24)13-17/h2-10,12-14H,1,11,15-16H2. The van der Waals surface area contributed by atoms with Crippen LogP contribution in [-0.2, 0) is 13.1 Å². The van der Waals surface area contributed by atoms with E-state index in [2.05, 4.69) is 6.58 Å². The Labute approximate surface area is 163 Å². The number of nitrogens with zero attached hydrogens (tertiary/aromatic N) is 2. The van der Waals surface area contributed by atoms with E-state index in [-0.39, 0.29) is 11.7 Å². The number of hydrogen-bond donors (Lipinski definition) is 0. The molecule has 0 radical (unpaired) electrons. The zero-order valence-electron chi connectivity index (χ0n) is 14.8. The van der Waals surface area contributed by atoms with Crippen molar-refractivity contribution in [1.82, 2.24) is 9.47 Å². The van der Waals surface area contributed by atoms with Gasteiger partial charge < -0.3 is 9.47 Å². The van der Waals surface area contributed by atoms with Crippen LogP contribution in [0.3, 0.4) is 0 Å². The summed E-state index contributed by atoms with van der Waals surface area (Å²) in [6, 6.07) is 17.3. The van der Waals surface area contributed by atoms with Gasteiger partial charge in [-0.1, -0.05) is 35.9 Å². The molecule has 138 valence electrons. The maximum atomic E-state index is 13.4. The van der Waals surface area contributed by atoms with E-state index < -0.39 is 0 Å². The minimum atomic E-state index is -0.259. The van der Waals surface area contributed by atoms with E-state index in [4.69, 9.17) is 11.6 Å². The van der Waals surface area contributed by atoms with Gasteiger partial charge >= 0.3 is 0 Å². The van der Waals surface area contributed by atoms with Crippen molar-refractivity contribution >= 4 is 17.5 Å². The Morgan fingerprint density at radius 2 is 1.96 bits per heavy atom. The van der Waals surface area contributed by atoms with Gasteiger partial charge in [0.25, 0.3) is 5.91 Å². The molecule has 3 nitrogen and oxygen atoms in total. The Kier molecular flexibility index (Phi) is 6.09. The molecule has 2 aromatic carbocycles. The summed E-state index contributed by atoms with van der Waals surface area (Å²) < 4.78 is 15.5. The largest absolute Gasteiger partial charge is 0.345 e. The fourth-order valence-corrected chi connectivity index (χ4v) is 3.14. The average molecular weight is 383 g/mol. The van der Waals surface area contributed by atoms with Gasteiger partial charge in [0.2, 0.25) is 0 Å². The molecular weight excluding hydrogens is 363 g/mol. The van der Waals surface area contributed by atoms with Crippen LogP contribution < -0.4 is 0 Å². The SMILES string of the molecule is C=CCN(Cc1cccn1Cc1cccc(F)c1)C(=O)c1cccc(Cl)c1. The highest BCUT2D eigenvalue weighted by molar-refractivity contribution is 6.30. The van der Waals surface area contributed by atoms with Gasteiger partial charge in [-0.2, -0.15) is 0 Å². The zero-order chi connectivity index (χ0) is 19.2. The van der Waals surface area contributed by atoms with Crippen LogP contribution in [0.5, 0.6) is 0 Å². The fraction of sp³-hybridized carbons (Fsp3) is 0.136. The van der Waals surface area contributed by atoms with Crippen molar-refractivity contribution in [3.05, 3.63) is 107 Å². The Morgan fingerprint density at radius 3 is 2.70 bits per heavy atom. The molecule has 0 saturated heterocycles. The van der Waals surface area contributed by atoms with Crippen LogP contribution in [0.2, 0.25) is 5.02 Å². The van der Waals surface area contributed by atoms with E-state index in [1.807, 2.05) is 29.0 Å². The summed E-state index contributed by atoms with van der Waals surface area (Å²) in [5.41, 5.74) is 2.35. The first-order chi connectivity index (χ1) is 13.1. The molecule has 0 atom stereocenters. The predicted octanol–water partition coefficient (Wildman–Crippen LogP) is 5.16. The average Bonchev–Trinajstić information content (AvgIpc) is 3.07. The second kappa shape index (κ2) is 8.69. The molecule has 3 rings (SSSR count). The fourth-order valence-electron chi connectivity index (χ4n) is 2.95. The first-order valence-corrected chi connectivity index (χ1v) is 8.99. The van der Waals surface area contributed by atoms with Gasteiger partial charge in [-0.3, -0.25) is 4.79 Å². The first-order valence-electron chi connectivity index (χ1n) is 8.61. The molecule has 1 aromatic heterocycles. The molecule has 0 bridgehead atoms. The lowest BCUT2D eigenvalue weighted by molar-refractivity contribution is 0.0759. The van der Waals surface area contributed by atoms with Gasteiger partial charge in [0.1, 0.15) is 5.82 Å². The summed E-state index contributed by atoms with van der Waals surface area (Å²) in [6.07, 6.45) is 3.62. The van der Waals surface area contributed by atoms with Gasteiger partial charge in [-0.15, -0.1) is 6.58 Å². The molecule has 0 spiro atoms. The molecule has 3 aromatic rings. The number of halogens is 2. The van der Waals surface area contributed by atoms with E-state index in [9.17, 15) is 9.18 Å². The first kappa shape index (κ1) is 18.9. The summed E-state index contributed by atoms with van der Waals surface area (Å²) in [4.78, 5) is 14.6. The highest BCUT2D eigenvalue weighted by Gasteiger charge is 2.17. The lowest BCUT2D eigenvalue weighted by Gasteiger charge is -2.22. The third-order valence-electron chi connectivity index (χ3n) is 4.23. The van der Waals surface area contributed by atoms with Crippen molar-refractivity contribution in [2.45, 2.75) is 13.1 Å². The summed E-state index contributed by atoms with van der Waals surface area (Å²) in [5, 5.41) is 0.522. The number of amides is 1. The van der Waals surface area contributed by atoms with E-state index in [1.54, 1.807) is 41.3 Å². The second-order valence-corrected chi connectivity index (χ2v) is 6.68. The van der Waals surface area contributed by atoms with Crippen molar-refractivity contribution in [3.8, 4) is 0 Å². The van der Waals surface area contributed by atoms with E-state index >= 15 is 0 Å². The molecule has 0 aliphatic rings. The van der Waals surface area contributed by atoms with Gasteiger partial charge in [0.05, 0.1) is 6.54 Å². The van der Waals surface area contributed by atoms with Crippen LogP contribution in [0.25, 0.3) is 0 Å². The topological polar surface area (TPSA) is 25.2 Å². The normalized spacial score (nSPS) is 10.6. The number of carbonyl (C=O) groups is 1. The number of hydrogen-bond acceptors (Lipinski definition) is 1. The van der Waals surface area contributed by atoms with E-state index in [1.165, 1.54) is 12.1 Å². The lowest BCUT2D eigenvalue weighted by Crippen LogP contribution is -2.31. The van der Waals surface area contributed by atoms with E-state index in [0.717, 1.165) is 11.3 Å². The number of carbonyl (C=O) groups excluding carboxylic acids is 1. The quantitative estimate of drug-likeness (QED) is 0.518. The van der Waals surface area contributed by atoms with Crippen LogP contribution in [0.4, 0.5) is 4.39 Å².